The summed E-state index contributed by atoms with van der Waals surface area (Å²) in [6.45, 7) is 1.74. The van der Waals surface area contributed by atoms with Crippen LogP contribution in [0.3, 0.4) is 0 Å². The summed E-state index contributed by atoms with van der Waals surface area (Å²) in [5.74, 6) is -0.149. The molecule has 0 aromatic carbocycles. The van der Waals surface area contributed by atoms with Crippen LogP contribution in [0.15, 0.2) is 0 Å². The summed E-state index contributed by atoms with van der Waals surface area (Å²) in [6.07, 6.45) is 4.66. The van der Waals surface area contributed by atoms with E-state index >= 15 is 0 Å². The molecule has 0 bridgehead atoms. The fourth-order valence-corrected chi connectivity index (χ4v) is 2.09. The second-order valence-corrected chi connectivity index (χ2v) is 4.09. The van der Waals surface area contributed by atoms with Crippen molar-refractivity contribution in [3.8, 4) is 0 Å². The minimum absolute atomic E-state index is 0.104. The van der Waals surface area contributed by atoms with Crippen molar-refractivity contribution in [1.82, 2.24) is 4.90 Å². The average molecular weight is 213 g/mol. The van der Waals surface area contributed by atoms with E-state index in [0.29, 0.717) is 19.3 Å². The lowest BCUT2D eigenvalue weighted by Crippen LogP contribution is -2.40. The van der Waals surface area contributed by atoms with Gasteiger partial charge in [0.2, 0.25) is 12.3 Å². The monoisotopic (exact) mass is 213 g/mol. The van der Waals surface area contributed by atoms with E-state index in [4.69, 9.17) is 0 Å². The SMILES string of the molecule is CCC(=O)N(C=O)C1CCCCC(O)C1. The second kappa shape index (κ2) is 5.85. The van der Waals surface area contributed by atoms with Crippen LogP contribution in [0, 0.1) is 0 Å². The van der Waals surface area contributed by atoms with Gasteiger partial charge in [-0.3, -0.25) is 14.5 Å². The Kier molecular flexibility index (Phi) is 4.75. The first kappa shape index (κ1) is 12.2. The maximum Gasteiger partial charge on any atom is 0.228 e. The molecule has 0 spiro atoms. The predicted molar refractivity (Wildman–Crippen MR) is 56.1 cm³/mol. The highest BCUT2D eigenvalue weighted by atomic mass is 16.3. The smallest absolute Gasteiger partial charge is 0.228 e. The molecule has 1 aliphatic carbocycles. The largest absolute Gasteiger partial charge is 0.393 e. The molecule has 4 heteroatoms. The Labute approximate surface area is 90.3 Å². The lowest BCUT2D eigenvalue weighted by atomic mass is 10.1. The minimum atomic E-state index is -0.371. The molecule has 0 aliphatic heterocycles. The van der Waals surface area contributed by atoms with Crippen LogP contribution >= 0.6 is 0 Å². The number of aliphatic hydroxyl groups is 1. The van der Waals surface area contributed by atoms with Gasteiger partial charge in [-0.15, -0.1) is 0 Å². The highest BCUT2D eigenvalue weighted by Gasteiger charge is 2.26. The summed E-state index contributed by atoms with van der Waals surface area (Å²) in [5.41, 5.74) is 0. The van der Waals surface area contributed by atoms with Crippen molar-refractivity contribution < 1.29 is 14.7 Å². The Morgan fingerprint density at radius 3 is 2.73 bits per heavy atom. The fourth-order valence-electron chi connectivity index (χ4n) is 2.09. The number of carbonyl (C=O) groups is 2. The minimum Gasteiger partial charge on any atom is -0.393 e. The number of hydrogen-bond acceptors (Lipinski definition) is 3. The highest BCUT2D eigenvalue weighted by Crippen LogP contribution is 2.22. The van der Waals surface area contributed by atoms with Crippen molar-refractivity contribution in [3.05, 3.63) is 0 Å². The standard InChI is InChI=1S/C11H19NO3/c1-2-11(15)12(8-13)9-5-3-4-6-10(14)7-9/h8-10,14H,2-7H2,1H3. The van der Waals surface area contributed by atoms with Gasteiger partial charge in [0, 0.05) is 12.5 Å². The van der Waals surface area contributed by atoms with E-state index in [-0.39, 0.29) is 18.1 Å². The van der Waals surface area contributed by atoms with Crippen LogP contribution in [0.25, 0.3) is 0 Å². The molecule has 2 atom stereocenters. The summed E-state index contributed by atoms with van der Waals surface area (Å²) >= 11 is 0. The molecular weight excluding hydrogens is 194 g/mol. The lowest BCUT2D eigenvalue weighted by molar-refractivity contribution is -0.141. The fraction of sp³-hybridized carbons (Fsp3) is 0.818. The Morgan fingerprint density at radius 2 is 2.13 bits per heavy atom. The normalized spacial score (nSPS) is 26.8. The molecule has 0 aromatic rings. The maximum atomic E-state index is 11.5. The van der Waals surface area contributed by atoms with Crippen molar-refractivity contribution in [3.63, 3.8) is 0 Å². The predicted octanol–water partition coefficient (Wildman–Crippen LogP) is 1.07. The van der Waals surface area contributed by atoms with Gasteiger partial charge in [-0.25, -0.2) is 0 Å². The molecule has 0 aromatic heterocycles. The van der Waals surface area contributed by atoms with E-state index in [9.17, 15) is 14.7 Å². The third kappa shape index (κ3) is 3.30. The first-order chi connectivity index (χ1) is 7.19. The first-order valence-electron chi connectivity index (χ1n) is 5.63. The van der Waals surface area contributed by atoms with E-state index in [2.05, 4.69) is 0 Å². The van der Waals surface area contributed by atoms with E-state index in [0.717, 1.165) is 25.7 Å². The lowest BCUT2D eigenvalue weighted by Gasteiger charge is -2.26. The van der Waals surface area contributed by atoms with Crippen LogP contribution in [-0.4, -0.2) is 34.5 Å². The molecule has 0 radical (unpaired) electrons. The number of amides is 2. The van der Waals surface area contributed by atoms with Gasteiger partial charge in [-0.1, -0.05) is 19.8 Å². The number of imide groups is 1. The second-order valence-electron chi connectivity index (χ2n) is 4.09. The molecule has 2 unspecified atom stereocenters. The van der Waals surface area contributed by atoms with Crippen LogP contribution in [0.1, 0.15) is 45.4 Å². The molecule has 4 nitrogen and oxygen atoms in total. The summed E-state index contributed by atoms with van der Waals surface area (Å²) in [7, 11) is 0. The molecule has 86 valence electrons. The number of hydrogen-bond donors (Lipinski definition) is 1. The van der Waals surface area contributed by atoms with Gasteiger partial charge >= 0.3 is 0 Å². The summed E-state index contributed by atoms with van der Waals surface area (Å²) in [6, 6.07) is -0.104. The van der Waals surface area contributed by atoms with Crippen LogP contribution < -0.4 is 0 Å². The van der Waals surface area contributed by atoms with Crippen LogP contribution in [-0.2, 0) is 9.59 Å². The summed E-state index contributed by atoms with van der Waals surface area (Å²) in [5, 5.41) is 9.60. The zero-order valence-corrected chi connectivity index (χ0v) is 9.19. The molecule has 1 rings (SSSR count). The van der Waals surface area contributed by atoms with Crippen molar-refractivity contribution in [1.29, 1.82) is 0 Å². The molecule has 1 saturated carbocycles. The van der Waals surface area contributed by atoms with E-state index in [1.807, 2.05) is 0 Å². The molecule has 1 N–H and O–H groups in total. The summed E-state index contributed by atoms with van der Waals surface area (Å²) < 4.78 is 0. The van der Waals surface area contributed by atoms with Crippen molar-refractivity contribution in [2.75, 3.05) is 0 Å². The van der Waals surface area contributed by atoms with Gasteiger partial charge in [0.05, 0.1) is 6.10 Å². The summed E-state index contributed by atoms with van der Waals surface area (Å²) in [4.78, 5) is 23.6. The molecule has 1 fully saturated rings. The molecule has 0 saturated heterocycles. The van der Waals surface area contributed by atoms with Gasteiger partial charge < -0.3 is 5.11 Å². The quantitative estimate of drug-likeness (QED) is 0.563. The van der Waals surface area contributed by atoms with Gasteiger partial charge in [-0.05, 0) is 19.3 Å². The Balaban J connectivity index is 2.65. The van der Waals surface area contributed by atoms with Gasteiger partial charge in [0.25, 0.3) is 0 Å². The van der Waals surface area contributed by atoms with Gasteiger partial charge in [-0.2, -0.15) is 0 Å². The third-order valence-corrected chi connectivity index (χ3v) is 2.97. The van der Waals surface area contributed by atoms with Crippen molar-refractivity contribution >= 4 is 12.3 Å². The average Bonchev–Trinajstić information content (AvgIpc) is 2.44. The van der Waals surface area contributed by atoms with E-state index in [1.165, 1.54) is 4.90 Å². The van der Waals surface area contributed by atoms with Gasteiger partial charge in [0.15, 0.2) is 0 Å². The number of rotatable bonds is 3. The third-order valence-electron chi connectivity index (χ3n) is 2.97. The van der Waals surface area contributed by atoms with Crippen molar-refractivity contribution in [2.45, 2.75) is 57.6 Å². The van der Waals surface area contributed by atoms with Crippen LogP contribution in [0.4, 0.5) is 0 Å². The first-order valence-corrected chi connectivity index (χ1v) is 5.63. The van der Waals surface area contributed by atoms with E-state index < -0.39 is 0 Å². The van der Waals surface area contributed by atoms with Crippen LogP contribution in [0.2, 0.25) is 0 Å². The molecule has 0 heterocycles. The van der Waals surface area contributed by atoms with Crippen LogP contribution in [0.5, 0.6) is 0 Å². The Morgan fingerprint density at radius 1 is 1.47 bits per heavy atom. The van der Waals surface area contributed by atoms with Crippen molar-refractivity contribution in [2.24, 2.45) is 0 Å². The molecular formula is C11H19NO3. The molecule has 15 heavy (non-hydrogen) atoms. The molecule has 2 amide bonds. The highest BCUT2D eigenvalue weighted by molar-refractivity contribution is 5.86. The maximum absolute atomic E-state index is 11.5. The number of aliphatic hydroxyl groups excluding tert-OH is 1. The topological polar surface area (TPSA) is 57.6 Å². The Hall–Kier alpha value is -0.900. The zero-order chi connectivity index (χ0) is 11.3. The Bertz CT molecular complexity index is 230. The van der Waals surface area contributed by atoms with Gasteiger partial charge in [0.1, 0.15) is 0 Å². The number of nitrogens with zero attached hydrogens (tertiary/aromatic N) is 1. The molecule has 1 aliphatic rings. The number of carbonyl (C=O) groups excluding carboxylic acids is 2. The zero-order valence-electron chi connectivity index (χ0n) is 9.19. The van der Waals surface area contributed by atoms with E-state index in [1.54, 1.807) is 6.92 Å².